The molecule has 0 radical (unpaired) electrons. The maximum atomic E-state index is 13.3. The minimum atomic E-state index is 0.0229. The summed E-state index contributed by atoms with van der Waals surface area (Å²) >= 11 is 0. The number of H-pyrrole nitrogens is 1. The highest BCUT2D eigenvalue weighted by molar-refractivity contribution is 5.79. The van der Waals surface area contributed by atoms with Crippen molar-refractivity contribution in [3.8, 4) is 0 Å². The molecule has 1 atom stereocenters. The van der Waals surface area contributed by atoms with Crippen molar-refractivity contribution in [2.75, 3.05) is 0 Å². The molecule has 3 aromatic rings. The summed E-state index contributed by atoms with van der Waals surface area (Å²) in [7, 11) is 0. The van der Waals surface area contributed by atoms with Gasteiger partial charge in [-0.05, 0) is 78.1 Å². The molecule has 7 nitrogen and oxygen atoms in total. The number of hydrogen-bond donors (Lipinski definition) is 1. The Morgan fingerprint density at radius 3 is 2.50 bits per heavy atom. The van der Waals surface area contributed by atoms with Crippen LogP contribution in [0.3, 0.4) is 0 Å². The number of nitrogens with zero attached hydrogens (tertiary/aromatic N) is 5. The summed E-state index contributed by atoms with van der Waals surface area (Å²) in [5.41, 5.74) is 3.07. The van der Waals surface area contributed by atoms with E-state index in [-0.39, 0.29) is 11.6 Å². The summed E-state index contributed by atoms with van der Waals surface area (Å²) in [6.45, 7) is 5.05. The molecule has 5 rings (SSSR count). The lowest BCUT2D eigenvalue weighted by atomic mass is 9.91. The first kappa shape index (κ1) is 25.1. The van der Waals surface area contributed by atoms with Crippen LogP contribution in [-0.2, 0) is 13.0 Å². The van der Waals surface area contributed by atoms with Gasteiger partial charge in [0.05, 0.1) is 12.1 Å². The largest absolute Gasteiger partial charge is 0.322 e. The van der Waals surface area contributed by atoms with Crippen LogP contribution in [0.1, 0.15) is 120 Å². The molecule has 2 saturated carbocycles. The van der Waals surface area contributed by atoms with Crippen LogP contribution in [0.2, 0.25) is 0 Å². The van der Waals surface area contributed by atoms with Gasteiger partial charge in [0, 0.05) is 23.7 Å². The molecule has 194 valence electrons. The highest BCUT2D eigenvalue weighted by Crippen LogP contribution is 2.36. The summed E-state index contributed by atoms with van der Waals surface area (Å²) in [5, 5.41) is 14.5. The number of rotatable bonds is 9. The fourth-order valence-electron chi connectivity index (χ4n) is 6.46. The van der Waals surface area contributed by atoms with Gasteiger partial charge in [-0.1, -0.05) is 64.9 Å². The first-order chi connectivity index (χ1) is 17.7. The number of aryl methyl sites for hydroxylation is 1. The molecule has 36 heavy (non-hydrogen) atoms. The zero-order valence-corrected chi connectivity index (χ0v) is 22.1. The predicted molar refractivity (Wildman–Crippen MR) is 144 cm³/mol. The molecule has 2 aliphatic rings. The zero-order valence-electron chi connectivity index (χ0n) is 22.1. The van der Waals surface area contributed by atoms with Crippen LogP contribution in [0.4, 0.5) is 0 Å². The predicted octanol–water partition coefficient (Wildman–Crippen LogP) is 6.26. The molecule has 0 unspecified atom stereocenters. The second kappa shape index (κ2) is 11.7. The van der Waals surface area contributed by atoms with Gasteiger partial charge in [-0.25, -0.2) is 4.68 Å². The van der Waals surface area contributed by atoms with Crippen molar-refractivity contribution in [1.29, 1.82) is 0 Å². The molecule has 7 heteroatoms. The van der Waals surface area contributed by atoms with Gasteiger partial charge in [-0.15, -0.1) is 5.10 Å². The van der Waals surface area contributed by atoms with Crippen molar-refractivity contribution < 1.29 is 0 Å². The van der Waals surface area contributed by atoms with Gasteiger partial charge in [0.25, 0.3) is 5.56 Å². The number of tetrazole rings is 1. The minimum Gasteiger partial charge on any atom is -0.322 e. The molecule has 2 aromatic heterocycles. The smallest absolute Gasteiger partial charge is 0.252 e. The quantitative estimate of drug-likeness (QED) is 0.383. The number of benzene rings is 1. The lowest BCUT2D eigenvalue weighted by Gasteiger charge is -2.40. The molecular formula is C29H42N6O. The summed E-state index contributed by atoms with van der Waals surface area (Å²) in [5.74, 6) is 1.000. The van der Waals surface area contributed by atoms with E-state index in [1.807, 2.05) is 6.07 Å². The van der Waals surface area contributed by atoms with Crippen molar-refractivity contribution in [1.82, 2.24) is 30.1 Å². The van der Waals surface area contributed by atoms with Gasteiger partial charge >= 0.3 is 0 Å². The Hall–Kier alpha value is -2.54. The van der Waals surface area contributed by atoms with E-state index in [1.54, 1.807) is 0 Å². The van der Waals surface area contributed by atoms with Crippen LogP contribution in [0.15, 0.2) is 29.1 Å². The van der Waals surface area contributed by atoms with E-state index in [0.717, 1.165) is 54.4 Å². The van der Waals surface area contributed by atoms with Crippen LogP contribution >= 0.6 is 0 Å². The lowest BCUT2D eigenvalue weighted by molar-refractivity contribution is 0.0789. The van der Waals surface area contributed by atoms with Gasteiger partial charge < -0.3 is 4.98 Å². The molecule has 0 bridgehead atoms. The van der Waals surface area contributed by atoms with Crippen molar-refractivity contribution in [2.24, 2.45) is 0 Å². The van der Waals surface area contributed by atoms with Crippen LogP contribution in [-0.4, -0.2) is 36.1 Å². The van der Waals surface area contributed by atoms with Crippen LogP contribution in [0.25, 0.3) is 10.9 Å². The van der Waals surface area contributed by atoms with E-state index in [1.165, 1.54) is 56.9 Å². The molecular weight excluding hydrogens is 448 g/mol. The lowest BCUT2D eigenvalue weighted by Crippen LogP contribution is -2.41. The maximum absolute atomic E-state index is 13.3. The Morgan fingerprint density at radius 1 is 1.03 bits per heavy atom. The van der Waals surface area contributed by atoms with E-state index >= 15 is 0 Å². The fraction of sp³-hybridized carbons (Fsp3) is 0.655. The highest BCUT2D eigenvalue weighted by Gasteiger charge is 2.34. The normalized spacial score (nSPS) is 18.8. The summed E-state index contributed by atoms with van der Waals surface area (Å²) in [4.78, 5) is 19.0. The van der Waals surface area contributed by atoms with Crippen molar-refractivity contribution in [3.63, 3.8) is 0 Å². The number of aromatic nitrogens is 5. The Balaban J connectivity index is 1.53. The topological polar surface area (TPSA) is 79.7 Å². The Morgan fingerprint density at radius 2 is 1.78 bits per heavy atom. The van der Waals surface area contributed by atoms with E-state index < -0.39 is 0 Å². The molecule has 0 amide bonds. The standard InChI is InChI=1S/C29H42N6O/c1-3-11-27(28-31-32-33-35(28)25-14-9-6-10-15-25)34(24-12-7-5-8-13-24)20-23-19-22-18-21(4-2)16-17-26(22)30-29(23)36/h16-19,24-25,27H,3-15,20H2,1-2H3,(H,30,36)/t27-/m0/s1. The summed E-state index contributed by atoms with van der Waals surface area (Å²) < 4.78 is 2.15. The Bertz CT molecular complexity index is 1190. The second-order valence-corrected chi connectivity index (χ2v) is 10.9. The number of aromatic amines is 1. The van der Waals surface area contributed by atoms with Crippen molar-refractivity contribution >= 4 is 10.9 Å². The zero-order chi connectivity index (χ0) is 24.9. The van der Waals surface area contributed by atoms with E-state index in [4.69, 9.17) is 0 Å². The van der Waals surface area contributed by atoms with E-state index in [0.29, 0.717) is 18.6 Å². The summed E-state index contributed by atoms with van der Waals surface area (Å²) in [6.07, 6.45) is 15.3. The van der Waals surface area contributed by atoms with Crippen molar-refractivity contribution in [2.45, 2.75) is 122 Å². The van der Waals surface area contributed by atoms with Crippen LogP contribution in [0.5, 0.6) is 0 Å². The van der Waals surface area contributed by atoms with Crippen LogP contribution < -0.4 is 5.56 Å². The van der Waals surface area contributed by atoms with Gasteiger partial charge in [0.2, 0.25) is 0 Å². The molecule has 0 aliphatic heterocycles. The molecule has 1 aromatic carbocycles. The third-order valence-corrected chi connectivity index (χ3v) is 8.49. The Labute approximate surface area is 214 Å². The average molecular weight is 491 g/mol. The van der Waals surface area contributed by atoms with E-state index in [9.17, 15) is 4.79 Å². The van der Waals surface area contributed by atoms with Crippen molar-refractivity contribution in [3.05, 3.63) is 51.6 Å². The molecule has 2 heterocycles. The minimum absolute atomic E-state index is 0.0229. The molecule has 2 fully saturated rings. The van der Waals surface area contributed by atoms with Crippen LogP contribution in [0, 0.1) is 0 Å². The first-order valence-electron chi connectivity index (χ1n) is 14.4. The number of pyridine rings is 1. The highest BCUT2D eigenvalue weighted by atomic mass is 16.1. The third-order valence-electron chi connectivity index (χ3n) is 8.49. The van der Waals surface area contributed by atoms with Gasteiger partial charge in [-0.3, -0.25) is 9.69 Å². The number of fused-ring (bicyclic) bond motifs is 1. The van der Waals surface area contributed by atoms with Gasteiger partial charge in [-0.2, -0.15) is 0 Å². The monoisotopic (exact) mass is 490 g/mol. The molecule has 2 aliphatic carbocycles. The number of hydrogen-bond acceptors (Lipinski definition) is 5. The third kappa shape index (κ3) is 5.41. The van der Waals surface area contributed by atoms with E-state index in [2.05, 4.69) is 62.1 Å². The summed E-state index contributed by atoms with van der Waals surface area (Å²) in [6, 6.07) is 9.44. The molecule has 1 N–H and O–H groups in total. The average Bonchev–Trinajstić information content (AvgIpc) is 3.41. The molecule has 0 saturated heterocycles. The number of nitrogens with one attached hydrogen (secondary N) is 1. The first-order valence-corrected chi connectivity index (χ1v) is 14.4. The second-order valence-electron chi connectivity index (χ2n) is 10.9. The Kier molecular flexibility index (Phi) is 8.15. The fourth-order valence-corrected chi connectivity index (χ4v) is 6.46. The SMILES string of the molecule is CCC[C@@H](c1nnnn1C1CCCCC1)N(Cc1cc2cc(CC)ccc2[nH]c1=O)C1CCCCC1. The molecule has 0 spiro atoms. The van der Waals surface area contributed by atoms with Gasteiger partial charge in [0.1, 0.15) is 0 Å². The maximum Gasteiger partial charge on any atom is 0.252 e. The van der Waals surface area contributed by atoms with Gasteiger partial charge in [0.15, 0.2) is 5.82 Å².